The number of carbonyl (C=O) groups is 1. The number of nitrogens with zero attached hydrogens (tertiary/aromatic N) is 1. The maximum atomic E-state index is 12.4. The number of nitriles is 1. The molecule has 0 aliphatic carbocycles. The van der Waals surface area contributed by atoms with Gasteiger partial charge in [0.1, 0.15) is 17.4 Å². The highest BCUT2D eigenvalue weighted by molar-refractivity contribution is 6.14. The number of alkyl halides is 2. The summed E-state index contributed by atoms with van der Waals surface area (Å²) in [5, 5.41) is 9.27. The van der Waals surface area contributed by atoms with Gasteiger partial charge in [-0.2, -0.15) is 14.0 Å². The second-order valence-electron chi connectivity index (χ2n) is 5.23. The summed E-state index contributed by atoms with van der Waals surface area (Å²) in [5.41, 5.74) is 1.98. The number of benzene rings is 2. The first-order valence-corrected chi connectivity index (χ1v) is 7.20. The lowest BCUT2D eigenvalue weighted by atomic mass is 9.99. The Morgan fingerprint density at radius 3 is 2.25 bits per heavy atom. The van der Waals surface area contributed by atoms with E-state index in [1.165, 1.54) is 6.08 Å². The molecule has 0 unspecified atom stereocenters. The van der Waals surface area contributed by atoms with Gasteiger partial charge in [0.05, 0.1) is 0 Å². The molecule has 0 amide bonds. The molecule has 0 heterocycles. The van der Waals surface area contributed by atoms with E-state index in [4.69, 9.17) is 0 Å². The van der Waals surface area contributed by atoms with Crippen molar-refractivity contribution in [3.05, 3.63) is 70.3 Å². The zero-order valence-electron chi connectivity index (χ0n) is 13.2. The number of halogens is 2. The summed E-state index contributed by atoms with van der Waals surface area (Å²) in [5.74, 6) is -0.281. The van der Waals surface area contributed by atoms with Gasteiger partial charge in [0.25, 0.3) is 0 Å². The normalized spacial score (nSPS) is 11.2. The van der Waals surface area contributed by atoms with Crippen LogP contribution in [0.1, 0.15) is 27.0 Å². The van der Waals surface area contributed by atoms with Crippen LogP contribution in [-0.2, 0) is 0 Å². The van der Waals surface area contributed by atoms with E-state index in [2.05, 4.69) is 4.74 Å². The number of allylic oxidation sites excluding steroid dienone is 1. The molecule has 0 bridgehead atoms. The van der Waals surface area contributed by atoms with Gasteiger partial charge in [0.15, 0.2) is 0 Å². The number of hydrogen-bond donors (Lipinski definition) is 0. The van der Waals surface area contributed by atoms with E-state index in [1.54, 1.807) is 56.3 Å². The number of Topliss-reactive ketones (excluding diaryl/α,β-unsaturated/α-hetero) is 1. The molecule has 0 N–H and O–H groups in total. The van der Waals surface area contributed by atoms with Gasteiger partial charge in [-0.1, -0.05) is 30.3 Å². The minimum Gasteiger partial charge on any atom is -0.434 e. The first-order valence-electron chi connectivity index (χ1n) is 7.20. The zero-order chi connectivity index (χ0) is 17.7. The van der Waals surface area contributed by atoms with Crippen molar-refractivity contribution in [3.8, 4) is 11.8 Å². The molecule has 24 heavy (non-hydrogen) atoms. The van der Waals surface area contributed by atoms with Crippen LogP contribution in [0.5, 0.6) is 5.75 Å². The number of rotatable bonds is 5. The van der Waals surface area contributed by atoms with Crippen molar-refractivity contribution in [2.45, 2.75) is 20.5 Å². The molecule has 0 spiro atoms. The standard InChI is InChI=1S/C19H15F2NO2/c1-12-8-14(9-13(2)18(12)24-19(20)21)10-16(11-22)17(23)15-6-4-3-5-7-15/h3-10,19H,1-2H3/b16-10+. The summed E-state index contributed by atoms with van der Waals surface area (Å²) < 4.78 is 29.3. The fraction of sp³-hybridized carbons (Fsp3) is 0.158. The van der Waals surface area contributed by atoms with Crippen LogP contribution < -0.4 is 4.74 Å². The monoisotopic (exact) mass is 327 g/mol. The highest BCUT2D eigenvalue weighted by atomic mass is 19.3. The summed E-state index contributed by atoms with van der Waals surface area (Å²) in [7, 11) is 0. The topological polar surface area (TPSA) is 50.1 Å². The third-order valence-corrected chi connectivity index (χ3v) is 3.40. The van der Waals surface area contributed by atoms with E-state index in [0.29, 0.717) is 22.3 Å². The van der Waals surface area contributed by atoms with Gasteiger partial charge >= 0.3 is 6.61 Å². The largest absolute Gasteiger partial charge is 0.434 e. The second kappa shape index (κ2) is 7.51. The fourth-order valence-corrected chi connectivity index (χ4v) is 2.40. The minimum absolute atomic E-state index is 0.0254. The minimum atomic E-state index is -2.90. The van der Waals surface area contributed by atoms with Crippen LogP contribution >= 0.6 is 0 Å². The highest BCUT2D eigenvalue weighted by Crippen LogP contribution is 2.27. The summed E-state index contributed by atoms with van der Waals surface area (Å²) in [4.78, 5) is 12.3. The molecule has 0 atom stereocenters. The summed E-state index contributed by atoms with van der Waals surface area (Å²) >= 11 is 0. The summed E-state index contributed by atoms with van der Waals surface area (Å²) in [6.07, 6.45) is 1.45. The Bertz CT molecular complexity index is 798. The zero-order valence-corrected chi connectivity index (χ0v) is 13.2. The molecule has 0 saturated carbocycles. The van der Waals surface area contributed by atoms with E-state index >= 15 is 0 Å². The van der Waals surface area contributed by atoms with Gasteiger partial charge in [-0.15, -0.1) is 0 Å². The lowest BCUT2D eigenvalue weighted by Gasteiger charge is -2.12. The quantitative estimate of drug-likeness (QED) is 0.454. The Hall–Kier alpha value is -3.00. The van der Waals surface area contributed by atoms with Gasteiger partial charge in [0.2, 0.25) is 5.78 Å². The Labute approximate surface area is 138 Å². The molecule has 5 heteroatoms. The maximum Gasteiger partial charge on any atom is 0.387 e. The molecule has 0 aliphatic rings. The van der Waals surface area contributed by atoms with Crippen molar-refractivity contribution < 1.29 is 18.3 Å². The molecule has 122 valence electrons. The highest BCUT2D eigenvalue weighted by Gasteiger charge is 2.14. The van der Waals surface area contributed by atoms with Crippen LogP contribution in [0.15, 0.2) is 48.0 Å². The van der Waals surface area contributed by atoms with Crippen molar-refractivity contribution in [2.75, 3.05) is 0 Å². The average Bonchev–Trinajstić information content (AvgIpc) is 2.56. The van der Waals surface area contributed by atoms with Crippen LogP contribution in [0, 0.1) is 25.2 Å². The lowest BCUT2D eigenvalue weighted by Crippen LogP contribution is -2.05. The molecule has 0 saturated heterocycles. The maximum absolute atomic E-state index is 12.4. The van der Waals surface area contributed by atoms with Crippen LogP contribution in [-0.4, -0.2) is 12.4 Å². The Balaban J connectivity index is 2.39. The predicted octanol–water partition coefficient (Wildman–Crippen LogP) is 4.69. The van der Waals surface area contributed by atoms with Crippen molar-refractivity contribution in [1.29, 1.82) is 5.26 Å². The molecule has 0 fully saturated rings. The Morgan fingerprint density at radius 2 is 1.75 bits per heavy atom. The number of ketones is 1. The fourth-order valence-electron chi connectivity index (χ4n) is 2.40. The molecular formula is C19H15F2NO2. The molecule has 2 rings (SSSR count). The summed E-state index contributed by atoms with van der Waals surface area (Å²) in [6.45, 7) is 0.360. The predicted molar refractivity (Wildman–Crippen MR) is 86.9 cm³/mol. The van der Waals surface area contributed by atoms with E-state index in [1.807, 2.05) is 6.07 Å². The number of hydrogen-bond acceptors (Lipinski definition) is 3. The molecule has 2 aromatic carbocycles. The van der Waals surface area contributed by atoms with Crippen LogP contribution in [0.2, 0.25) is 0 Å². The first kappa shape index (κ1) is 17.4. The molecular weight excluding hydrogens is 312 g/mol. The average molecular weight is 327 g/mol. The number of aryl methyl sites for hydroxylation is 2. The van der Waals surface area contributed by atoms with Crippen molar-refractivity contribution in [2.24, 2.45) is 0 Å². The van der Waals surface area contributed by atoms with Crippen molar-refractivity contribution >= 4 is 11.9 Å². The van der Waals surface area contributed by atoms with Gasteiger partial charge in [0, 0.05) is 5.56 Å². The van der Waals surface area contributed by atoms with E-state index in [9.17, 15) is 18.8 Å². The van der Waals surface area contributed by atoms with Gasteiger partial charge < -0.3 is 4.74 Å². The SMILES string of the molecule is Cc1cc(/C=C(\C#N)C(=O)c2ccccc2)cc(C)c1OC(F)F. The molecule has 0 radical (unpaired) electrons. The van der Waals surface area contributed by atoms with Gasteiger partial charge in [-0.3, -0.25) is 4.79 Å². The lowest BCUT2D eigenvalue weighted by molar-refractivity contribution is -0.0507. The molecule has 2 aromatic rings. The van der Waals surface area contributed by atoms with Crippen LogP contribution in [0.3, 0.4) is 0 Å². The Morgan fingerprint density at radius 1 is 1.17 bits per heavy atom. The van der Waals surface area contributed by atoms with E-state index < -0.39 is 6.61 Å². The van der Waals surface area contributed by atoms with Crippen LogP contribution in [0.25, 0.3) is 6.08 Å². The second-order valence-corrected chi connectivity index (χ2v) is 5.23. The molecule has 3 nitrogen and oxygen atoms in total. The summed E-state index contributed by atoms with van der Waals surface area (Å²) in [6, 6.07) is 13.6. The van der Waals surface area contributed by atoms with E-state index in [-0.39, 0.29) is 17.1 Å². The van der Waals surface area contributed by atoms with E-state index in [0.717, 1.165) is 0 Å². The Kier molecular flexibility index (Phi) is 5.43. The number of carbonyl (C=O) groups excluding carboxylic acids is 1. The van der Waals surface area contributed by atoms with Crippen molar-refractivity contribution in [3.63, 3.8) is 0 Å². The third kappa shape index (κ3) is 4.05. The molecule has 0 aromatic heterocycles. The van der Waals surface area contributed by atoms with Crippen LogP contribution in [0.4, 0.5) is 8.78 Å². The van der Waals surface area contributed by atoms with Crippen molar-refractivity contribution in [1.82, 2.24) is 0 Å². The van der Waals surface area contributed by atoms with Gasteiger partial charge in [-0.05, 0) is 48.7 Å². The molecule has 0 aliphatic heterocycles. The third-order valence-electron chi connectivity index (χ3n) is 3.40. The first-order chi connectivity index (χ1) is 11.4. The smallest absolute Gasteiger partial charge is 0.387 e. The van der Waals surface area contributed by atoms with Gasteiger partial charge in [-0.25, -0.2) is 0 Å². The number of ether oxygens (including phenoxy) is 1.